The van der Waals surface area contributed by atoms with Gasteiger partial charge in [0.2, 0.25) is 10.0 Å². The van der Waals surface area contributed by atoms with Crippen molar-refractivity contribution in [3.05, 3.63) is 28.8 Å². The Morgan fingerprint density at radius 3 is 2.50 bits per heavy atom. The lowest BCUT2D eigenvalue weighted by Gasteiger charge is -2.30. The summed E-state index contributed by atoms with van der Waals surface area (Å²) in [5, 5.41) is 3.02. The Balaban J connectivity index is 1.68. The number of carbonyl (C=O) groups is 2. The molecule has 0 radical (unpaired) electrons. The summed E-state index contributed by atoms with van der Waals surface area (Å²) >= 11 is 6.12. The van der Waals surface area contributed by atoms with Crippen molar-refractivity contribution in [2.45, 2.75) is 69.4 Å². The average Bonchev–Trinajstić information content (AvgIpc) is 3.25. The van der Waals surface area contributed by atoms with Crippen molar-refractivity contribution < 1.29 is 22.7 Å². The third kappa shape index (κ3) is 5.15. The molecule has 9 heteroatoms. The second kappa shape index (κ2) is 9.66. The van der Waals surface area contributed by atoms with Crippen LogP contribution in [-0.2, 0) is 19.6 Å². The Morgan fingerprint density at radius 2 is 1.83 bits per heavy atom. The SMILES string of the molecule is C[C@@H](OC(=O)c1ccc(Cl)c(S(=O)(=O)N2CCCC2)c1)C(=O)N[C@H]1CCCC[C@@H]1C. The molecule has 1 aliphatic heterocycles. The molecule has 1 N–H and O–H groups in total. The molecule has 0 aromatic heterocycles. The van der Waals surface area contributed by atoms with Crippen molar-refractivity contribution in [1.82, 2.24) is 9.62 Å². The lowest BCUT2D eigenvalue weighted by molar-refractivity contribution is -0.130. The molecular weight excluding hydrogens is 428 g/mol. The predicted molar refractivity (Wildman–Crippen MR) is 114 cm³/mol. The van der Waals surface area contributed by atoms with Gasteiger partial charge in [0, 0.05) is 19.1 Å². The largest absolute Gasteiger partial charge is 0.449 e. The fraction of sp³-hybridized carbons (Fsp3) is 0.619. The van der Waals surface area contributed by atoms with Crippen molar-refractivity contribution in [2.75, 3.05) is 13.1 Å². The summed E-state index contributed by atoms with van der Waals surface area (Å²) in [6, 6.07) is 4.09. The van der Waals surface area contributed by atoms with Gasteiger partial charge in [-0.25, -0.2) is 13.2 Å². The number of carbonyl (C=O) groups excluding carboxylic acids is 2. The maximum atomic E-state index is 12.8. The van der Waals surface area contributed by atoms with E-state index in [2.05, 4.69) is 12.2 Å². The molecule has 0 unspecified atom stereocenters. The fourth-order valence-electron chi connectivity index (χ4n) is 4.01. The number of benzene rings is 1. The molecule has 2 fully saturated rings. The van der Waals surface area contributed by atoms with E-state index in [4.69, 9.17) is 16.3 Å². The summed E-state index contributed by atoms with van der Waals surface area (Å²) in [7, 11) is -3.78. The smallest absolute Gasteiger partial charge is 0.338 e. The number of hydrogen-bond donors (Lipinski definition) is 1. The molecule has 166 valence electrons. The molecule has 0 bridgehead atoms. The highest BCUT2D eigenvalue weighted by Gasteiger charge is 2.31. The number of ether oxygens (including phenoxy) is 1. The van der Waals surface area contributed by atoms with Crippen LogP contribution in [0, 0.1) is 5.92 Å². The zero-order chi connectivity index (χ0) is 21.9. The second-order valence-electron chi connectivity index (χ2n) is 8.18. The maximum absolute atomic E-state index is 12.8. The number of amides is 1. The van der Waals surface area contributed by atoms with E-state index in [-0.39, 0.29) is 27.4 Å². The summed E-state index contributed by atoms with van der Waals surface area (Å²) in [6.07, 6.45) is 4.83. The minimum Gasteiger partial charge on any atom is -0.449 e. The average molecular weight is 457 g/mol. The number of nitrogens with one attached hydrogen (secondary N) is 1. The predicted octanol–water partition coefficient (Wildman–Crippen LogP) is 3.36. The van der Waals surface area contributed by atoms with Gasteiger partial charge in [0.25, 0.3) is 5.91 Å². The highest BCUT2D eigenvalue weighted by molar-refractivity contribution is 7.89. The van der Waals surface area contributed by atoms with Gasteiger partial charge in [-0.15, -0.1) is 0 Å². The monoisotopic (exact) mass is 456 g/mol. The standard InChI is InChI=1S/C21H29ClN2O5S/c1-14-7-3-4-8-18(14)23-20(25)15(2)29-21(26)16-9-10-17(22)19(13-16)30(27,28)24-11-5-6-12-24/h9-10,13-15,18H,3-8,11-12H2,1-2H3,(H,23,25)/t14-,15+,18-/m0/s1. The topological polar surface area (TPSA) is 92.8 Å². The van der Waals surface area contributed by atoms with Crippen LogP contribution in [0.3, 0.4) is 0 Å². The molecule has 1 amide bonds. The lowest BCUT2D eigenvalue weighted by Crippen LogP contribution is -2.46. The Labute approximate surface area is 183 Å². The first-order chi connectivity index (χ1) is 14.2. The lowest BCUT2D eigenvalue weighted by atomic mass is 9.86. The summed E-state index contributed by atoms with van der Waals surface area (Å²) in [5.74, 6) is -0.718. The van der Waals surface area contributed by atoms with Gasteiger partial charge in [-0.3, -0.25) is 4.79 Å². The summed E-state index contributed by atoms with van der Waals surface area (Å²) in [6.45, 7) is 4.49. The molecule has 0 spiro atoms. The van der Waals surface area contributed by atoms with Crippen LogP contribution in [0.1, 0.15) is 62.7 Å². The third-order valence-corrected chi connectivity index (χ3v) is 8.32. The van der Waals surface area contributed by atoms with Crippen LogP contribution in [-0.4, -0.2) is 49.8 Å². The van der Waals surface area contributed by atoms with Crippen LogP contribution in [0.4, 0.5) is 0 Å². The van der Waals surface area contributed by atoms with Crippen molar-refractivity contribution in [3.8, 4) is 0 Å². The quantitative estimate of drug-likeness (QED) is 0.662. The Hall–Kier alpha value is -1.64. The number of rotatable bonds is 6. The first-order valence-electron chi connectivity index (χ1n) is 10.5. The molecular formula is C21H29ClN2O5S. The van der Waals surface area contributed by atoms with Crippen LogP contribution in [0.2, 0.25) is 5.02 Å². The zero-order valence-corrected chi connectivity index (χ0v) is 19.0. The number of halogens is 1. The van der Waals surface area contributed by atoms with E-state index in [1.807, 2.05) is 0 Å². The number of hydrogen-bond acceptors (Lipinski definition) is 5. The molecule has 1 aromatic carbocycles. The van der Waals surface area contributed by atoms with E-state index in [9.17, 15) is 18.0 Å². The van der Waals surface area contributed by atoms with E-state index < -0.39 is 22.1 Å². The van der Waals surface area contributed by atoms with Crippen LogP contribution < -0.4 is 5.32 Å². The first kappa shape index (κ1) is 23.0. The minimum absolute atomic E-state index is 0.0443. The van der Waals surface area contributed by atoms with Gasteiger partial charge in [-0.2, -0.15) is 4.31 Å². The van der Waals surface area contributed by atoms with Crippen LogP contribution in [0.25, 0.3) is 0 Å². The molecule has 3 atom stereocenters. The fourth-order valence-corrected chi connectivity index (χ4v) is 6.03. The normalized spacial score (nSPS) is 23.7. The van der Waals surface area contributed by atoms with Gasteiger partial charge in [0.1, 0.15) is 4.90 Å². The number of sulfonamides is 1. The molecule has 7 nitrogen and oxygen atoms in total. The van der Waals surface area contributed by atoms with E-state index in [1.165, 1.54) is 29.4 Å². The second-order valence-corrected chi connectivity index (χ2v) is 10.5. The number of esters is 1. The van der Waals surface area contributed by atoms with Crippen molar-refractivity contribution in [3.63, 3.8) is 0 Å². The highest BCUT2D eigenvalue weighted by Crippen LogP contribution is 2.28. The summed E-state index contributed by atoms with van der Waals surface area (Å²) in [5.41, 5.74) is 0.0443. The van der Waals surface area contributed by atoms with Gasteiger partial charge < -0.3 is 10.1 Å². The van der Waals surface area contributed by atoms with Crippen LogP contribution >= 0.6 is 11.6 Å². The van der Waals surface area contributed by atoms with Gasteiger partial charge in [0.15, 0.2) is 6.10 Å². The third-order valence-electron chi connectivity index (χ3n) is 5.94. The molecule has 2 aliphatic rings. The van der Waals surface area contributed by atoms with Gasteiger partial charge in [0.05, 0.1) is 10.6 Å². The Kier molecular flexibility index (Phi) is 7.42. The summed E-state index contributed by atoms with van der Waals surface area (Å²) < 4.78 is 32.3. The van der Waals surface area contributed by atoms with Crippen molar-refractivity contribution in [2.24, 2.45) is 5.92 Å². The van der Waals surface area contributed by atoms with Crippen LogP contribution in [0.15, 0.2) is 23.1 Å². The molecule has 1 aromatic rings. The minimum atomic E-state index is -3.78. The van der Waals surface area contributed by atoms with E-state index in [0.717, 1.165) is 38.5 Å². The molecule has 1 aliphatic carbocycles. The van der Waals surface area contributed by atoms with Gasteiger partial charge in [-0.05, 0) is 56.7 Å². The molecule has 1 saturated heterocycles. The molecule has 1 heterocycles. The Morgan fingerprint density at radius 1 is 1.17 bits per heavy atom. The van der Waals surface area contributed by atoms with Gasteiger partial charge >= 0.3 is 5.97 Å². The maximum Gasteiger partial charge on any atom is 0.338 e. The van der Waals surface area contributed by atoms with Crippen LogP contribution in [0.5, 0.6) is 0 Å². The van der Waals surface area contributed by atoms with E-state index in [1.54, 1.807) is 0 Å². The van der Waals surface area contributed by atoms with E-state index >= 15 is 0 Å². The molecule has 3 rings (SSSR count). The molecule has 30 heavy (non-hydrogen) atoms. The van der Waals surface area contributed by atoms with Crippen molar-refractivity contribution >= 4 is 33.5 Å². The molecule has 1 saturated carbocycles. The van der Waals surface area contributed by atoms with Crippen molar-refractivity contribution in [1.29, 1.82) is 0 Å². The highest BCUT2D eigenvalue weighted by atomic mass is 35.5. The first-order valence-corrected chi connectivity index (χ1v) is 12.3. The Bertz CT molecular complexity index is 899. The zero-order valence-electron chi connectivity index (χ0n) is 17.4. The van der Waals surface area contributed by atoms with E-state index in [0.29, 0.717) is 19.0 Å². The number of nitrogens with zero attached hydrogens (tertiary/aromatic N) is 1. The van der Waals surface area contributed by atoms with Gasteiger partial charge in [-0.1, -0.05) is 31.4 Å². The summed E-state index contributed by atoms with van der Waals surface area (Å²) in [4.78, 5) is 24.9.